The summed E-state index contributed by atoms with van der Waals surface area (Å²) in [6.45, 7) is 20.2. The van der Waals surface area contributed by atoms with Gasteiger partial charge in [-0.1, -0.05) is 0 Å². The van der Waals surface area contributed by atoms with Crippen molar-refractivity contribution in [1.82, 2.24) is 0 Å². The number of hydrogen-bond acceptors (Lipinski definition) is 3. The molecule has 0 spiro atoms. The summed E-state index contributed by atoms with van der Waals surface area (Å²) in [5.41, 5.74) is 0. The molecule has 0 atom stereocenters. The van der Waals surface area contributed by atoms with Crippen molar-refractivity contribution < 1.29 is 13.3 Å². The minimum atomic E-state index is -2.21. The van der Waals surface area contributed by atoms with Gasteiger partial charge in [0.25, 0.3) is 0 Å². The molecule has 0 aromatic heterocycles. The maximum absolute atomic E-state index is 6.53. The monoisotopic (exact) mass is 374 g/mol. The molecule has 0 aliphatic heterocycles. The third-order valence-electron chi connectivity index (χ3n) is 4.66. The van der Waals surface area contributed by atoms with Crippen LogP contribution < -0.4 is 0 Å². The molecule has 22 heavy (non-hydrogen) atoms. The van der Waals surface area contributed by atoms with E-state index in [0.29, 0.717) is 0 Å². The quantitative estimate of drug-likeness (QED) is 0.413. The Morgan fingerprint density at radius 2 is 0.682 bits per heavy atom. The molecule has 0 rings (SSSR count). The molecule has 0 saturated carbocycles. The predicted octanol–water partition coefficient (Wildman–Crippen LogP) is 5.15. The fraction of sp³-hybridized carbons (Fsp3) is 1.00. The van der Waals surface area contributed by atoms with Gasteiger partial charge in [-0.25, -0.2) is 0 Å². The topological polar surface area (TPSA) is 27.7 Å². The first kappa shape index (κ1) is 23.2. The van der Waals surface area contributed by atoms with Crippen LogP contribution in [0.5, 0.6) is 0 Å². The molecular weight excluding hydrogens is 332 g/mol. The molecule has 0 radical (unpaired) electrons. The molecule has 0 aromatic carbocycles. The zero-order valence-corrected chi connectivity index (χ0v) is 19.9. The second kappa shape index (κ2) is 6.19. The van der Waals surface area contributed by atoms with Crippen molar-refractivity contribution in [3.05, 3.63) is 0 Å². The van der Waals surface area contributed by atoms with E-state index in [2.05, 4.69) is 80.8 Å². The van der Waals surface area contributed by atoms with E-state index >= 15 is 0 Å². The summed E-state index contributed by atoms with van der Waals surface area (Å²) < 4.78 is 19.6. The number of rotatable bonds is 9. The molecule has 3 nitrogen and oxygen atoms in total. The predicted molar refractivity (Wildman–Crippen MR) is 115 cm³/mol. The van der Waals surface area contributed by atoms with Crippen LogP contribution in [-0.4, -0.2) is 85.8 Å². The molecule has 0 amide bonds. The Kier molecular flexibility index (Phi) is 6.54. The zero-order valence-electron chi connectivity index (χ0n) is 17.3. The molecule has 7 heteroatoms. The van der Waals surface area contributed by atoms with Gasteiger partial charge >= 0.3 is 140 Å². The molecule has 0 aromatic rings. The van der Waals surface area contributed by atoms with Gasteiger partial charge < -0.3 is 0 Å². The van der Waals surface area contributed by atoms with Crippen molar-refractivity contribution in [3.8, 4) is 0 Å². The summed E-state index contributed by atoms with van der Waals surface area (Å²) in [6, 6.07) is 0. The molecule has 0 unspecified atom stereocenters. The van der Waals surface area contributed by atoms with Crippen LogP contribution in [0.1, 0.15) is 20.8 Å². The Balaban J connectivity index is 5.55. The van der Waals surface area contributed by atoms with Crippen molar-refractivity contribution in [3.63, 3.8) is 0 Å². The van der Waals surface area contributed by atoms with Crippen molar-refractivity contribution in [1.29, 1.82) is 0 Å². The van der Waals surface area contributed by atoms with Gasteiger partial charge in [-0.05, 0) is 0 Å². The molecule has 0 heterocycles. The normalized spacial score (nSPS) is 19.4. The van der Waals surface area contributed by atoms with Crippen molar-refractivity contribution in [2.45, 2.75) is 20.8 Å². The Morgan fingerprint density at radius 1 is 0.500 bits per heavy atom. The van der Waals surface area contributed by atoms with Crippen LogP contribution in [0, 0.1) is 0 Å². The Bertz CT molecular complexity index is 338. The molecule has 0 fully saturated rings. The van der Waals surface area contributed by atoms with Gasteiger partial charge in [0.2, 0.25) is 0 Å². The molecule has 0 saturated heterocycles. The van der Waals surface area contributed by atoms with Gasteiger partial charge in [-0.15, -0.1) is 0 Å². The summed E-state index contributed by atoms with van der Waals surface area (Å²) >= 11 is 0. The molecule has 0 N–H and O–H groups in total. The summed E-state index contributed by atoms with van der Waals surface area (Å²) in [4.78, 5) is 0. The summed E-state index contributed by atoms with van der Waals surface area (Å²) in [7, 11) is -0.548. The van der Waals surface area contributed by atoms with E-state index in [1.54, 1.807) is 0 Å². The van der Waals surface area contributed by atoms with E-state index in [4.69, 9.17) is 13.3 Å². The van der Waals surface area contributed by atoms with Gasteiger partial charge in [0.1, 0.15) is 0 Å². The second-order valence-corrected chi connectivity index (χ2v) is 30.8. The molecule has 0 bridgehead atoms. The van der Waals surface area contributed by atoms with Crippen LogP contribution in [0.2, 0.25) is 0 Å². The minimum absolute atomic E-state index is 0.548. The van der Waals surface area contributed by atoms with E-state index in [9.17, 15) is 0 Å². The molecule has 0 aliphatic rings. The first-order valence-electron chi connectivity index (χ1n) is 8.35. The number of hydrogen-bond donors (Lipinski definition) is 0. The van der Waals surface area contributed by atoms with E-state index in [-0.39, 0.29) is 0 Å². The Labute approximate surface area is 140 Å². The van der Waals surface area contributed by atoms with Crippen LogP contribution >= 0.6 is 20.5 Å². The molecule has 0 aliphatic carbocycles. The first-order valence-corrected chi connectivity index (χ1v) is 19.4. The van der Waals surface area contributed by atoms with Crippen LogP contribution in [0.15, 0.2) is 0 Å². The fourth-order valence-corrected chi connectivity index (χ4v) is 4.06. The fourth-order valence-electron chi connectivity index (χ4n) is 1.24. The van der Waals surface area contributed by atoms with E-state index in [0.717, 1.165) is 18.5 Å². The van der Waals surface area contributed by atoms with Gasteiger partial charge in [-0.2, -0.15) is 0 Å². The van der Waals surface area contributed by atoms with E-state index in [1.165, 1.54) is 0 Å². The van der Waals surface area contributed by atoms with Crippen LogP contribution in [0.4, 0.5) is 0 Å². The van der Waals surface area contributed by atoms with Gasteiger partial charge in [-0.3, -0.25) is 0 Å². The van der Waals surface area contributed by atoms with Crippen LogP contribution in [0.25, 0.3) is 0 Å². The van der Waals surface area contributed by atoms with Crippen molar-refractivity contribution in [2.75, 3.05) is 78.5 Å². The second-order valence-electron chi connectivity index (χ2n) is 10.5. The molecular formula is C15H42BO3P3. The summed E-state index contributed by atoms with van der Waals surface area (Å²) in [5.74, 6) is 0. The Hall–Kier alpha value is 1.23. The Morgan fingerprint density at radius 3 is 0.818 bits per heavy atom. The average molecular weight is 374 g/mol. The van der Waals surface area contributed by atoms with Gasteiger partial charge in [0.05, 0.1) is 0 Å². The standard InChI is InChI=1S/C15H42BO3P3/c1-13-20(4,5,6)17-16(18-21(7,8,9)14-2)19-22(10,11,12)15-3/h13-15H2,1-12H3. The van der Waals surface area contributed by atoms with Crippen molar-refractivity contribution in [2.24, 2.45) is 0 Å². The third-order valence-corrected chi connectivity index (χ3v) is 14.0. The van der Waals surface area contributed by atoms with E-state index < -0.39 is 27.8 Å². The van der Waals surface area contributed by atoms with Crippen molar-refractivity contribution >= 4 is 27.8 Å². The first-order chi connectivity index (χ1) is 9.27. The maximum atomic E-state index is 6.53. The molecule has 138 valence electrons. The summed E-state index contributed by atoms with van der Waals surface area (Å²) in [5, 5.41) is 0. The third kappa shape index (κ3) is 8.91. The van der Waals surface area contributed by atoms with Gasteiger partial charge in [0, 0.05) is 0 Å². The van der Waals surface area contributed by atoms with Gasteiger partial charge in [0.15, 0.2) is 0 Å². The van der Waals surface area contributed by atoms with Crippen LogP contribution in [0.3, 0.4) is 0 Å². The zero-order chi connectivity index (χ0) is 18.2. The SMILES string of the molecule is CCP(C)(C)(C)OB(OP(C)(C)(C)CC)OP(C)(C)(C)CC. The summed E-state index contributed by atoms with van der Waals surface area (Å²) in [6.07, 6.45) is 3.06. The van der Waals surface area contributed by atoms with E-state index in [1.807, 2.05) is 0 Å². The van der Waals surface area contributed by atoms with Crippen LogP contribution in [-0.2, 0) is 13.3 Å². The average Bonchev–Trinajstić information content (AvgIpc) is 2.25.